The fourth-order valence-electron chi connectivity index (χ4n) is 3.43. The van der Waals surface area contributed by atoms with Crippen LogP contribution in [0.1, 0.15) is 16.7 Å². The lowest BCUT2D eigenvalue weighted by Crippen LogP contribution is -2.14. The Labute approximate surface area is 206 Å². The van der Waals surface area contributed by atoms with Crippen LogP contribution in [0.2, 0.25) is 0 Å². The van der Waals surface area contributed by atoms with Crippen molar-refractivity contribution in [3.63, 3.8) is 0 Å². The largest absolute Gasteiger partial charge is 0.493 e. The Morgan fingerprint density at radius 2 is 1.23 bits per heavy atom. The van der Waals surface area contributed by atoms with Gasteiger partial charge in [-0.3, -0.25) is 4.72 Å². The molecule has 0 saturated carbocycles. The maximum atomic E-state index is 13.1. The van der Waals surface area contributed by atoms with Crippen LogP contribution < -0.4 is 28.4 Å². The minimum Gasteiger partial charge on any atom is -0.493 e. The van der Waals surface area contributed by atoms with Crippen molar-refractivity contribution in [3.05, 3.63) is 65.2 Å². The molecule has 0 radical (unpaired) electrons. The maximum Gasteiger partial charge on any atom is 0.261 e. The summed E-state index contributed by atoms with van der Waals surface area (Å²) in [4.78, 5) is 0.150. The summed E-state index contributed by atoms with van der Waals surface area (Å²) in [6, 6.07) is 13.5. The quantitative estimate of drug-likeness (QED) is 0.392. The first-order valence-electron chi connectivity index (χ1n) is 10.6. The molecule has 186 valence electrons. The van der Waals surface area contributed by atoms with Crippen molar-refractivity contribution in [2.45, 2.75) is 11.8 Å². The Morgan fingerprint density at radius 1 is 0.686 bits per heavy atom. The highest BCUT2D eigenvalue weighted by molar-refractivity contribution is 7.92. The van der Waals surface area contributed by atoms with Gasteiger partial charge in [-0.05, 0) is 42.8 Å². The fraction of sp³-hybridized carbons (Fsp3) is 0.231. The lowest BCUT2D eigenvalue weighted by atomic mass is 10.1. The third-order valence-corrected chi connectivity index (χ3v) is 6.66. The number of aryl methyl sites for hydroxylation is 1. The van der Waals surface area contributed by atoms with Gasteiger partial charge in [0.2, 0.25) is 5.75 Å². The first-order valence-corrected chi connectivity index (χ1v) is 12.1. The monoisotopic (exact) mass is 499 g/mol. The minimum absolute atomic E-state index is 0.150. The van der Waals surface area contributed by atoms with E-state index in [1.165, 1.54) is 35.5 Å². The average Bonchev–Trinajstić information content (AvgIpc) is 2.86. The zero-order valence-corrected chi connectivity index (χ0v) is 21.4. The summed E-state index contributed by atoms with van der Waals surface area (Å²) in [5.74, 6) is 2.32. The number of hydrogen-bond donors (Lipinski definition) is 1. The Balaban J connectivity index is 2.08. The molecule has 0 atom stereocenters. The normalized spacial score (nSPS) is 11.3. The number of benzene rings is 3. The second kappa shape index (κ2) is 11.1. The summed E-state index contributed by atoms with van der Waals surface area (Å²) in [6.45, 7) is 1.89. The zero-order chi connectivity index (χ0) is 25.6. The lowest BCUT2D eigenvalue weighted by molar-refractivity contribution is 0.324. The number of hydrogen-bond acceptors (Lipinski definition) is 7. The third kappa shape index (κ3) is 5.81. The molecule has 35 heavy (non-hydrogen) atoms. The molecular formula is C26H29NO7S. The van der Waals surface area contributed by atoms with Crippen LogP contribution in [-0.4, -0.2) is 44.0 Å². The van der Waals surface area contributed by atoms with Gasteiger partial charge in [0, 0.05) is 11.6 Å². The van der Waals surface area contributed by atoms with Gasteiger partial charge in [-0.15, -0.1) is 0 Å². The molecule has 0 aliphatic rings. The molecule has 3 aromatic carbocycles. The van der Waals surface area contributed by atoms with E-state index in [1.54, 1.807) is 60.7 Å². The van der Waals surface area contributed by atoms with E-state index >= 15 is 0 Å². The second-order valence-electron chi connectivity index (χ2n) is 7.50. The van der Waals surface area contributed by atoms with Crippen LogP contribution in [0.25, 0.3) is 12.2 Å². The summed E-state index contributed by atoms with van der Waals surface area (Å²) in [6.07, 6.45) is 3.56. The third-order valence-electron chi connectivity index (χ3n) is 5.27. The summed E-state index contributed by atoms with van der Waals surface area (Å²) in [5.41, 5.74) is 2.60. The van der Waals surface area contributed by atoms with Crippen LogP contribution in [-0.2, 0) is 10.0 Å². The van der Waals surface area contributed by atoms with Crippen LogP contribution in [0.3, 0.4) is 0 Å². The Morgan fingerprint density at radius 3 is 1.74 bits per heavy atom. The molecule has 8 nitrogen and oxygen atoms in total. The fourth-order valence-corrected chi connectivity index (χ4v) is 4.50. The number of anilines is 1. The SMILES string of the molecule is COc1cc(/C=C\c2cc(OC)c(OC)c(OC)c2)c(NS(=O)(=O)c2ccc(C)cc2)cc1OC. The molecule has 0 amide bonds. The summed E-state index contributed by atoms with van der Waals surface area (Å²) >= 11 is 0. The molecule has 0 aliphatic carbocycles. The molecule has 0 fully saturated rings. The van der Waals surface area contributed by atoms with Gasteiger partial charge in [0.1, 0.15) is 0 Å². The van der Waals surface area contributed by atoms with Crippen molar-refractivity contribution < 1.29 is 32.1 Å². The van der Waals surface area contributed by atoms with E-state index < -0.39 is 10.0 Å². The molecule has 0 unspecified atom stereocenters. The number of nitrogens with one attached hydrogen (secondary N) is 1. The van der Waals surface area contributed by atoms with Crippen LogP contribution in [0.4, 0.5) is 5.69 Å². The molecule has 0 heterocycles. The maximum absolute atomic E-state index is 13.1. The van der Waals surface area contributed by atoms with Crippen LogP contribution in [0.5, 0.6) is 28.7 Å². The molecule has 0 spiro atoms. The number of sulfonamides is 1. The van der Waals surface area contributed by atoms with Gasteiger partial charge in [-0.25, -0.2) is 8.42 Å². The van der Waals surface area contributed by atoms with Gasteiger partial charge in [-0.1, -0.05) is 29.8 Å². The van der Waals surface area contributed by atoms with Crippen molar-refractivity contribution in [2.24, 2.45) is 0 Å². The topological polar surface area (TPSA) is 92.3 Å². The van der Waals surface area contributed by atoms with E-state index in [4.69, 9.17) is 23.7 Å². The minimum atomic E-state index is -3.85. The molecular weight excluding hydrogens is 470 g/mol. The summed E-state index contributed by atoms with van der Waals surface area (Å²) in [5, 5.41) is 0. The van der Waals surface area contributed by atoms with E-state index in [1.807, 2.05) is 6.92 Å². The highest BCUT2D eigenvalue weighted by Crippen LogP contribution is 2.39. The van der Waals surface area contributed by atoms with Crippen LogP contribution in [0, 0.1) is 6.92 Å². The van der Waals surface area contributed by atoms with Crippen molar-refractivity contribution >= 4 is 27.9 Å². The predicted molar refractivity (Wildman–Crippen MR) is 137 cm³/mol. The van der Waals surface area contributed by atoms with E-state index in [0.29, 0.717) is 40.0 Å². The summed E-state index contributed by atoms with van der Waals surface area (Å²) in [7, 11) is 3.77. The predicted octanol–water partition coefficient (Wildman–Crippen LogP) is 5.01. The molecule has 9 heteroatoms. The van der Waals surface area contributed by atoms with Gasteiger partial charge in [-0.2, -0.15) is 0 Å². The van der Waals surface area contributed by atoms with Gasteiger partial charge in [0.15, 0.2) is 23.0 Å². The zero-order valence-electron chi connectivity index (χ0n) is 20.5. The smallest absolute Gasteiger partial charge is 0.261 e. The number of methoxy groups -OCH3 is 5. The van der Waals surface area contributed by atoms with Gasteiger partial charge in [0.25, 0.3) is 10.0 Å². The van der Waals surface area contributed by atoms with Crippen LogP contribution >= 0.6 is 0 Å². The number of rotatable bonds is 10. The molecule has 0 bridgehead atoms. The van der Waals surface area contributed by atoms with Crippen molar-refractivity contribution in [2.75, 3.05) is 40.3 Å². The highest BCUT2D eigenvalue weighted by Gasteiger charge is 2.18. The Hall–Kier alpha value is -3.85. The molecule has 0 aliphatic heterocycles. The molecule has 0 aromatic heterocycles. The van der Waals surface area contributed by atoms with E-state index in [0.717, 1.165) is 11.1 Å². The van der Waals surface area contributed by atoms with Crippen LogP contribution in [0.15, 0.2) is 53.4 Å². The second-order valence-corrected chi connectivity index (χ2v) is 9.19. The van der Waals surface area contributed by atoms with E-state index in [-0.39, 0.29) is 4.90 Å². The highest BCUT2D eigenvalue weighted by atomic mass is 32.2. The van der Waals surface area contributed by atoms with Crippen molar-refractivity contribution in [1.82, 2.24) is 0 Å². The summed E-state index contributed by atoms with van der Waals surface area (Å²) < 4.78 is 55.8. The van der Waals surface area contributed by atoms with Crippen molar-refractivity contribution in [1.29, 1.82) is 0 Å². The first kappa shape index (κ1) is 25.8. The molecule has 3 rings (SSSR count). The van der Waals surface area contributed by atoms with Gasteiger partial charge < -0.3 is 23.7 Å². The van der Waals surface area contributed by atoms with E-state index in [2.05, 4.69) is 4.72 Å². The standard InChI is InChI=1S/C26H29NO7S/c1-17-7-11-20(12-8-17)35(28,29)27-21-16-23(31-3)22(30-2)15-19(21)10-9-18-13-24(32-4)26(34-6)25(14-18)33-5/h7-16,27H,1-6H3/b10-9-. The molecule has 1 N–H and O–H groups in total. The molecule has 0 saturated heterocycles. The molecule has 3 aromatic rings. The number of ether oxygens (including phenoxy) is 5. The lowest BCUT2D eigenvalue weighted by Gasteiger charge is -2.15. The Bertz CT molecular complexity index is 1290. The average molecular weight is 500 g/mol. The Kier molecular flexibility index (Phi) is 8.14. The van der Waals surface area contributed by atoms with E-state index in [9.17, 15) is 8.42 Å². The van der Waals surface area contributed by atoms with Gasteiger partial charge in [0.05, 0.1) is 46.1 Å². The van der Waals surface area contributed by atoms with Gasteiger partial charge >= 0.3 is 0 Å². The van der Waals surface area contributed by atoms with Crippen molar-refractivity contribution in [3.8, 4) is 28.7 Å². The first-order chi connectivity index (χ1) is 16.8.